The third kappa shape index (κ3) is 3.85. The highest BCUT2D eigenvalue weighted by atomic mass is 127. The van der Waals surface area contributed by atoms with E-state index < -0.39 is 0 Å². The summed E-state index contributed by atoms with van der Waals surface area (Å²) in [7, 11) is 0. The summed E-state index contributed by atoms with van der Waals surface area (Å²) in [6.07, 6.45) is 3.97. The van der Waals surface area contributed by atoms with Crippen molar-refractivity contribution in [3.63, 3.8) is 0 Å². The minimum Gasteiger partial charge on any atom is -0.381 e. The quantitative estimate of drug-likeness (QED) is 0.450. The van der Waals surface area contributed by atoms with Gasteiger partial charge < -0.3 is 10.1 Å². The van der Waals surface area contributed by atoms with Crippen molar-refractivity contribution in [3.8, 4) is 0 Å². The van der Waals surface area contributed by atoms with Crippen LogP contribution in [0.2, 0.25) is 0 Å². The largest absolute Gasteiger partial charge is 0.381 e. The average Bonchev–Trinajstić information content (AvgIpc) is 2.49. The fourth-order valence-corrected chi connectivity index (χ4v) is 3.50. The van der Waals surface area contributed by atoms with Gasteiger partial charge >= 0.3 is 0 Å². The highest BCUT2D eigenvalue weighted by Gasteiger charge is 2.34. The van der Waals surface area contributed by atoms with E-state index in [1.54, 1.807) is 18.2 Å². The van der Waals surface area contributed by atoms with Gasteiger partial charge in [-0.3, -0.25) is 10.1 Å². The number of nitro groups is 1. The topological polar surface area (TPSA) is 64.4 Å². The van der Waals surface area contributed by atoms with Gasteiger partial charge in [0, 0.05) is 34.0 Å². The van der Waals surface area contributed by atoms with Gasteiger partial charge in [0.25, 0.3) is 5.69 Å². The van der Waals surface area contributed by atoms with E-state index in [9.17, 15) is 10.1 Å². The molecule has 1 saturated heterocycles. The highest BCUT2D eigenvalue weighted by molar-refractivity contribution is 14.1. The monoisotopic (exact) mass is 404 g/mol. The van der Waals surface area contributed by atoms with E-state index in [2.05, 4.69) is 41.8 Å². The molecule has 0 spiro atoms. The van der Waals surface area contributed by atoms with Crippen LogP contribution in [-0.2, 0) is 4.74 Å². The molecule has 1 aliphatic rings. The molecule has 0 radical (unpaired) electrons. The lowest BCUT2D eigenvalue weighted by molar-refractivity contribution is -0.384. The number of non-ortho nitro benzene ring substituents is 1. The van der Waals surface area contributed by atoms with Gasteiger partial charge in [-0.05, 0) is 54.3 Å². The van der Waals surface area contributed by atoms with Gasteiger partial charge in [-0.1, -0.05) is 13.8 Å². The van der Waals surface area contributed by atoms with Gasteiger partial charge in [0.2, 0.25) is 0 Å². The number of rotatable bonds is 5. The molecule has 1 aromatic rings. The SMILES string of the molecule is CCC1(CC)CC(Nc2ccc([N+](=O)[O-])cc2I)CCO1. The van der Waals surface area contributed by atoms with E-state index in [1.165, 1.54) is 0 Å². The maximum atomic E-state index is 10.8. The van der Waals surface area contributed by atoms with Gasteiger partial charge in [-0.25, -0.2) is 0 Å². The summed E-state index contributed by atoms with van der Waals surface area (Å²) in [6, 6.07) is 5.31. The van der Waals surface area contributed by atoms with Crippen LogP contribution in [0, 0.1) is 13.7 Å². The molecular weight excluding hydrogens is 383 g/mol. The van der Waals surface area contributed by atoms with Crippen LogP contribution >= 0.6 is 22.6 Å². The number of anilines is 1. The summed E-state index contributed by atoms with van der Waals surface area (Å²) in [5.74, 6) is 0. The minimum absolute atomic E-state index is 0.0257. The molecule has 1 unspecified atom stereocenters. The second kappa shape index (κ2) is 6.91. The summed E-state index contributed by atoms with van der Waals surface area (Å²) in [6.45, 7) is 5.10. The number of benzene rings is 1. The molecule has 21 heavy (non-hydrogen) atoms. The maximum Gasteiger partial charge on any atom is 0.270 e. The lowest BCUT2D eigenvalue weighted by atomic mass is 9.86. The zero-order chi connectivity index (χ0) is 15.5. The van der Waals surface area contributed by atoms with Gasteiger partial charge in [-0.15, -0.1) is 0 Å². The summed E-state index contributed by atoms with van der Waals surface area (Å²) < 4.78 is 6.86. The smallest absolute Gasteiger partial charge is 0.270 e. The zero-order valence-corrected chi connectivity index (χ0v) is 14.6. The third-order valence-electron chi connectivity index (χ3n) is 4.30. The molecule has 0 saturated carbocycles. The van der Waals surface area contributed by atoms with Gasteiger partial charge in [0.15, 0.2) is 0 Å². The van der Waals surface area contributed by atoms with Crippen molar-refractivity contribution in [1.82, 2.24) is 0 Å². The lowest BCUT2D eigenvalue weighted by Crippen LogP contribution is -2.43. The maximum absolute atomic E-state index is 10.8. The summed E-state index contributed by atoms with van der Waals surface area (Å²) in [5, 5.41) is 14.3. The number of nitrogens with zero attached hydrogens (tertiary/aromatic N) is 1. The zero-order valence-electron chi connectivity index (χ0n) is 12.4. The molecule has 1 heterocycles. The van der Waals surface area contributed by atoms with Crippen molar-refractivity contribution in [1.29, 1.82) is 0 Å². The number of nitrogens with one attached hydrogen (secondary N) is 1. The third-order valence-corrected chi connectivity index (χ3v) is 5.20. The summed E-state index contributed by atoms with van der Waals surface area (Å²) in [5.41, 5.74) is 1.07. The van der Waals surface area contributed by atoms with Crippen LogP contribution in [0.4, 0.5) is 11.4 Å². The number of halogens is 1. The highest BCUT2D eigenvalue weighted by Crippen LogP contribution is 2.34. The van der Waals surface area contributed by atoms with Crippen molar-refractivity contribution in [2.75, 3.05) is 11.9 Å². The summed E-state index contributed by atoms with van der Waals surface area (Å²) in [4.78, 5) is 10.4. The van der Waals surface area contributed by atoms with E-state index >= 15 is 0 Å². The fourth-order valence-electron chi connectivity index (χ4n) is 2.85. The molecule has 2 rings (SSSR count). The fraction of sp³-hybridized carbons (Fsp3) is 0.600. The Labute approximate surface area is 138 Å². The van der Waals surface area contributed by atoms with Crippen molar-refractivity contribution < 1.29 is 9.66 Å². The van der Waals surface area contributed by atoms with E-state index in [1.807, 2.05) is 0 Å². The molecule has 1 fully saturated rings. The first-order valence-electron chi connectivity index (χ1n) is 7.34. The van der Waals surface area contributed by atoms with Crippen LogP contribution in [0.1, 0.15) is 39.5 Å². The Balaban J connectivity index is 2.09. The predicted octanol–water partition coefficient (Wildman–Crippen LogP) is 4.35. The molecule has 0 aliphatic carbocycles. The van der Waals surface area contributed by atoms with Crippen molar-refractivity contribution in [2.24, 2.45) is 0 Å². The molecule has 6 heteroatoms. The van der Waals surface area contributed by atoms with E-state index in [0.717, 1.165) is 41.5 Å². The Morgan fingerprint density at radius 1 is 1.48 bits per heavy atom. The Bertz CT molecular complexity index is 518. The molecule has 1 N–H and O–H groups in total. The van der Waals surface area contributed by atoms with E-state index in [0.29, 0.717) is 6.04 Å². The summed E-state index contributed by atoms with van der Waals surface area (Å²) >= 11 is 2.14. The molecule has 1 aromatic carbocycles. The van der Waals surface area contributed by atoms with Gasteiger partial charge in [-0.2, -0.15) is 0 Å². The van der Waals surface area contributed by atoms with Crippen molar-refractivity contribution in [2.45, 2.75) is 51.2 Å². The van der Waals surface area contributed by atoms with Crippen molar-refractivity contribution >= 4 is 34.0 Å². The molecular formula is C15H21IN2O3. The van der Waals surface area contributed by atoms with Crippen LogP contribution in [-0.4, -0.2) is 23.2 Å². The standard InChI is InChI=1S/C15H21IN2O3/c1-3-15(4-2)10-11(7-8-21-15)17-14-6-5-12(18(19)20)9-13(14)16/h5-6,9,11,17H,3-4,7-8,10H2,1-2H3. The van der Waals surface area contributed by atoms with Crippen LogP contribution in [0.15, 0.2) is 18.2 Å². The number of hydrogen-bond acceptors (Lipinski definition) is 4. The second-order valence-electron chi connectivity index (χ2n) is 5.49. The average molecular weight is 404 g/mol. The van der Waals surface area contributed by atoms with E-state index in [-0.39, 0.29) is 16.2 Å². The molecule has 0 bridgehead atoms. The van der Waals surface area contributed by atoms with Crippen LogP contribution in [0.5, 0.6) is 0 Å². The Kier molecular flexibility index (Phi) is 5.43. The normalized spacial score (nSPS) is 21.0. The number of nitro benzene ring substituents is 1. The Morgan fingerprint density at radius 3 is 2.76 bits per heavy atom. The molecule has 1 aliphatic heterocycles. The second-order valence-corrected chi connectivity index (χ2v) is 6.66. The molecule has 0 amide bonds. The predicted molar refractivity (Wildman–Crippen MR) is 91.7 cm³/mol. The number of hydrogen-bond donors (Lipinski definition) is 1. The first-order chi connectivity index (χ1) is 9.99. The number of ether oxygens (including phenoxy) is 1. The van der Waals surface area contributed by atoms with Crippen LogP contribution in [0.25, 0.3) is 0 Å². The lowest BCUT2D eigenvalue weighted by Gasteiger charge is -2.40. The minimum atomic E-state index is -0.362. The Morgan fingerprint density at radius 2 is 2.19 bits per heavy atom. The Hall–Kier alpha value is -0.890. The van der Waals surface area contributed by atoms with Crippen molar-refractivity contribution in [3.05, 3.63) is 31.9 Å². The molecule has 5 nitrogen and oxygen atoms in total. The van der Waals surface area contributed by atoms with Crippen LogP contribution < -0.4 is 5.32 Å². The molecule has 0 aromatic heterocycles. The first kappa shape index (κ1) is 16.5. The van der Waals surface area contributed by atoms with Crippen LogP contribution in [0.3, 0.4) is 0 Å². The molecule has 116 valence electrons. The van der Waals surface area contributed by atoms with E-state index in [4.69, 9.17) is 4.74 Å². The first-order valence-corrected chi connectivity index (χ1v) is 8.42. The van der Waals surface area contributed by atoms with Gasteiger partial charge in [0.05, 0.1) is 10.5 Å². The van der Waals surface area contributed by atoms with Gasteiger partial charge in [0.1, 0.15) is 0 Å². The molecule has 1 atom stereocenters.